The summed E-state index contributed by atoms with van der Waals surface area (Å²) in [6.07, 6.45) is 1.55. The molecule has 3 rings (SSSR count). The van der Waals surface area contributed by atoms with Crippen molar-refractivity contribution in [2.75, 3.05) is 6.54 Å². The number of halogens is 2. The summed E-state index contributed by atoms with van der Waals surface area (Å²) < 4.78 is 5.71. The number of carbonyl (C=O) groups is 2. The zero-order valence-electron chi connectivity index (χ0n) is 12.0. The van der Waals surface area contributed by atoms with Crippen molar-refractivity contribution in [2.24, 2.45) is 0 Å². The van der Waals surface area contributed by atoms with Crippen molar-refractivity contribution >= 4 is 52.2 Å². The SMILES string of the molecule is CCN1C(=O)SC(=Cc2ccc(-c3c(Cl)cccc3Cl)o2)C1=O. The van der Waals surface area contributed by atoms with E-state index in [0.717, 1.165) is 11.8 Å². The molecule has 0 aliphatic carbocycles. The molecule has 2 heterocycles. The number of hydrogen-bond donors (Lipinski definition) is 0. The quantitative estimate of drug-likeness (QED) is 0.689. The zero-order chi connectivity index (χ0) is 16.6. The van der Waals surface area contributed by atoms with E-state index in [2.05, 4.69) is 0 Å². The Morgan fingerprint density at radius 3 is 2.48 bits per heavy atom. The number of furan rings is 1. The molecule has 118 valence electrons. The van der Waals surface area contributed by atoms with Gasteiger partial charge in [0, 0.05) is 12.6 Å². The molecule has 0 bridgehead atoms. The van der Waals surface area contributed by atoms with Crippen LogP contribution < -0.4 is 0 Å². The standard InChI is InChI=1S/C16H11Cl2NO3S/c1-2-19-15(20)13(23-16(19)21)8-9-6-7-12(22-9)14-10(17)4-3-5-11(14)18/h3-8H,2H2,1H3. The fourth-order valence-corrected chi connectivity index (χ4v) is 3.67. The fourth-order valence-electron chi connectivity index (χ4n) is 2.20. The summed E-state index contributed by atoms with van der Waals surface area (Å²) in [5.41, 5.74) is 0.595. The predicted octanol–water partition coefficient (Wildman–Crippen LogP) is 5.31. The largest absolute Gasteiger partial charge is 0.457 e. The first-order valence-corrected chi connectivity index (χ1v) is 8.38. The van der Waals surface area contributed by atoms with E-state index < -0.39 is 0 Å². The number of likely N-dealkylation sites (N-methyl/N-ethyl adjacent to an activating group) is 1. The summed E-state index contributed by atoms with van der Waals surface area (Å²) in [6.45, 7) is 2.10. The summed E-state index contributed by atoms with van der Waals surface area (Å²) >= 11 is 13.2. The topological polar surface area (TPSA) is 50.5 Å². The fraction of sp³-hybridized carbons (Fsp3) is 0.125. The zero-order valence-corrected chi connectivity index (χ0v) is 14.3. The molecule has 1 fully saturated rings. The smallest absolute Gasteiger partial charge is 0.293 e. The lowest BCUT2D eigenvalue weighted by molar-refractivity contribution is -0.122. The third-order valence-corrected chi connectivity index (χ3v) is 4.84. The highest BCUT2D eigenvalue weighted by molar-refractivity contribution is 8.18. The molecule has 1 aliphatic heterocycles. The highest BCUT2D eigenvalue weighted by Crippen LogP contribution is 2.37. The Kier molecular flexibility index (Phi) is 4.53. The van der Waals surface area contributed by atoms with Gasteiger partial charge in [-0.2, -0.15) is 0 Å². The predicted molar refractivity (Wildman–Crippen MR) is 92.5 cm³/mol. The van der Waals surface area contributed by atoms with Crippen LogP contribution in [0.2, 0.25) is 10.0 Å². The van der Waals surface area contributed by atoms with Crippen LogP contribution in [0.5, 0.6) is 0 Å². The molecular weight excluding hydrogens is 357 g/mol. The molecule has 0 spiro atoms. The second-order valence-electron chi connectivity index (χ2n) is 4.72. The lowest BCUT2D eigenvalue weighted by Gasteiger charge is -2.06. The van der Waals surface area contributed by atoms with Gasteiger partial charge in [-0.1, -0.05) is 29.3 Å². The van der Waals surface area contributed by atoms with Gasteiger partial charge in [-0.3, -0.25) is 14.5 Å². The summed E-state index contributed by atoms with van der Waals surface area (Å²) in [4.78, 5) is 25.3. The molecule has 1 aromatic carbocycles. The number of rotatable bonds is 3. The van der Waals surface area contributed by atoms with Crippen molar-refractivity contribution in [3.8, 4) is 11.3 Å². The average molecular weight is 368 g/mol. The van der Waals surface area contributed by atoms with E-state index in [1.54, 1.807) is 43.3 Å². The summed E-state index contributed by atoms with van der Waals surface area (Å²) in [5, 5.41) is 0.680. The van der Waals surface area contributed by atoms with Gasteiger partial charge in [0.25, 0.3) is 11.1 Å². The van der Waals surface area contributed by atoms with Crippen LogP contribution in [-0.2, 0) is 4.79 Å². The van der Waals surface area contributed by atoms with E-state index in [1.807, 2.05) is 0 Å². The van der Waals surface area contributed by atoms with Gasteiger partial charge in [0.2, 0.25) is 0 Å². The molecule has 1 saturated heterocycles. The van der Waals surface area contributed by atoms with Gasteiger partial charge in [0.15, 0.2) is 0 Å². The maximum absolute atomic E-state index is 12.1. The molecule has 7 heteroatoms. The lowest BCUT2D eigenvalue weighted by atomic mass is 10.2. The van der Waals surface area contributed by atoms with Gasteiger partial charge >= 0.3 is 0 Å². The van der Waals surface area contributed by atoms with E-state index in [-0.39, 0.29) is 11.1 Å². The summed E-state index contributed by atoms with van der Waals surface area (Å²) in [6, 6.07) is 8.62. The first-order valence-electron chi connectivity index (χ1n) is 6.81. The second-order valence-corrected chi connectivity index (χ2v) is 6.53. The van der Waals surface area contributed by atoms with Gasteiger partial charge in [-0.25, -0.2) is 0 Å². The molecule has 2 amide bonds. The van der Waals surface area contributed by atoms with Crippen LogP contribution in [0.4, 0.5) is 4.79 Å². The van der Waals surface area contributed by atoms with Crippen LogP contribution in [-0.4, -0.2) is 22.6 Å². The van der Waals surface area contributed by atoms with E-state index in [4.69, 9.17) is 27.6 Å². The Labute approximate surface area is 147 Å². The first kappa shape index (κ1) is 16.2. The monoisotopic (exact) mass is 367 g/mol. The summed E-state index contributed by atoms with van der Waals surface area (Å²) in [5.74, 6) is 0.649. The summed E-state index contributed by atoms with van der Waals surface area (Å²) in [7, 11) is 0. The minimum Gasteiger partial charge on any atom is -0.457 e. The Morgan fingerprint density at radius 1 is 1.17 bits per heavy atom. The maximum atomic E-state index is 12.1. The molecule has 0 N–H and O–H groups in total. The number of imide groups is 1. The highest BCUT2D eigenvalue weighted by atomic mass is 35.5. The number of benzene rings is 1. The van der Waals surface area contributed by atoms with E-state index >= 15 is 0 Å². The number of hydrogen-bond acceptors (Lipinski definition) is 4. The Balaban J connectivity index is 1.93. The number of carbonyl (C=O) groups excluding carboxylic acids is 2. The van der Waals surface area contributed by atoms with Gasteiger partial charge in [-0.05, 0) is 43.0 Å². The number of thioether (sulfide) groups is 1. The number of amides is 2. The third-order valence-electron chi connectivity index (χ3n) is 3.30. The molecule has 0 radical (unpaired) electrons. The van der Waals surface area contributed by atoms with Gasteiger partial charge in [-0.15, -0.1) is 0 Å². The van der Waals surface area contributed by atoms with Crippen molar-refractivity contribution in [3.63, 3.8) is 0 Å². The molecule has 0 saturated carbocycles. The van der Waals surface area contributed by atoms with Crippen LogP contribution in [0.25, 0.3) is 17.4 Å². The van der Waals surface area contributed by atoms with Gasteiger partial charge < -0.3 is 4.42 Å². The van der Waals surface area contributed by atoms with Crippen molar-refractivity contribution in [1.82, 2.24) is 4.90 Å². The Hall–Kier alpha value is -1.69. The molecule has 4 nitrogen and oxygen atoms in total. The van der Waals surface area contributed by atoms with Gasteiger partial charge in [0.05, 0.1) is 20.5 Å². The van der Waals surface area contributed by atoms with Crippen LogP contribution in [0, 0.1) is 0 Å². The Bertz CT molecular complexity index is 808. The van der Waals surface area contributed by atoms with E-state index in [0.29, 0.717) is 38.6 Å². The van der Waals surface area contributed by atoms with Crippen LogP contribution in [0.1, 0.15) is 12.7 Å². The van der Waals surface area contributed by atoms with Crippen molar-refractivity contribution in [3.05, 3.63) is 51.0 Å². The van der Waals surface area contributed by atoms with E-state index in [1.165, 1.54) is 4.90 Å². The molecule has 1 aliphatic rings. The van der Waals surface area contributed by atoms with Crippen LogP contribution in [0.3, 0.4) is 0 Å². The molecule has 0 atom stereocenters. The van der Waals surface area contributed by atoms with Crippen molar-refractivity contribution < 1.29 is 14.0 Å². The van der Waals surface area contributed by atoms with Crippen LogP contribution >= 0.6 is 35.0 Å². The molecular formula is C16H11Cl2NO3S. The van der Waals surface area contributed by atoms with Crippen LogP contribution in [0.15, 0.2) is 39.7 Å². The van der Waals surface area contributed by atoms with Crippen molar-refractivity contribution in [1.29, 1.82) is 0 Å². The molecule has 2 aromatic rings. The second kappa shape index (κ2) is 6.43. The Morgan fingerprint density at radius 2 is 1.87 bits per heavy atom. The highest BCUT2D eigenvalue weighted by Gasteiger charge is 2.33. The van der Waals surface area contributed by atoms with Crippen molar-refractivity contribution in [2.45, 2.75) is 6.92 Å². The number of nitrogens with zero attached hydrogens (tertiary/aromatic N) is 1. The minimum atomic E-state index is -0.309. The molecule has 23 heavy (non-hydrogen) atoms. The molecule has 1 aromatic heterocycles. The first-order chi connectivity index (χ1) is 11.0. The minimum absolute atomic E-state index is 0.273. The third kappa shape index (κ3) is 3.04. The molecule has 0 unspecified atom stereocenters. The lowest BCUT2D eigenvalue weighted by Crippen LogP contribution is -2.27. The maximum Gasteiger partial charge on any atom is 0.293 e. The average Bonchev–Trinajstić information content (AvgIpc) is 3.05. The van der Waals surface area contributed by atoms with Gasteiger partial charge in [0.1, 0.15) is 11.5 Å². The normalized spacial score (nSPS) is 16.7. The van der Waals surface area contributed by atoms with E-state index in [9.17, 15) is 9.59 Å².